The molecule has 6 rings (SSSR count). The summed E-state index contributed by atoms with van der Waals surface area (Å²) in [7, 11) is 0. The van der Waals surface area contributed by atoms with E-state index in [2.05, 4.69) is 89.1 Å². The normalized spacial score (nSPS) is 13.2. The minimum atomic E-state index is -1.62. The second-order valence-electron chi connectivity index (χ2n) is 24.2. The summed E-state index contributed by atoms with van der Waals surface area (Å²) in [5, 5.41) is 62.4. The number of aromatic amines is 3. The summed E-state index contributed by atoms with van der Waals surface area (Å²) in [6.07, 6.45) is 6.21. The molecule has 0 spiro atoms. The molecule has 12 amide bonds. The molecule has 0 saturated carbocycles. The number of fused-ring (bicyclic) bond motifs is 2. The number of H-pyrrole nitrogens is 3. The number of guanidine groups is 2. The van der Waals surface area contributed by atoms with Crippen molar-refractivity contribution >= 4 is 117 Å². The van der Waals surface area contributed by atoms with Gasteiger partial charge in [0.05, 0.1) is 38.5 Å². The number of rotatable bonds is 44. The molecule has 39 heteroatoms. The van der Waals surface area contributed by atoms with Crippen LogP contribution in [0.15, 0.2) is 97.7 Å². The monoisotopic (exact) mass is 1520 g/mol. The fraction of sp³-hybridized carbons (Fsp3) is 0.409. The van der Waals surface area contributed by atoms with Crippen LogP contribution in [0.2, 0.25) is 0 Å². The summed E-state index contributed by atoms with van der Waals surface area (Å²) < 4.78 is 0. The number of hydrogen-bond acceptors (Lipinski definition) is 19. The van der Waals surface area contributed by atoms with Crippen molar-refractivity contribution in [3.05, 3.63) is 120 Å². The molecule has 0 aliphatic rings. The fourth-order valence-electron chi connectivity index (χ4n) is 10.8. The van der Waals surface area contributed by atoms with Crippen molar-refractivity contribution in [2.24, 2.45) is 28.7 Å². The van der Waals surface area contributed by atoms with Crippen LogP contribution in [0.1, 0.15) is 67.3 Å². The number of benzene rings is 3. The van der Waals surface area contributed by atoms with Crippen LogP contribution in [0.25, 0.3) is 21.8 Å². The van der Waals surface area contributed by atoms with Crippen LogP contribution >= 0.6 is 0 Å². The Morgan fingerprint density at radius 1 is 0.457 bits per heavy atom. The number of carbonyl (C=O) groups is 12. The largest absolute Gasteiger partial charge is 2.00 e. The van der Waals surface area contributed by atoms with Crippen LogP contribution in [0.4, 0.5) is 0 Å². The Morgan fingerprint density at radius 3 is 1.36 bits per heavy atom. The van der Waals surface area contributed by atoms with Crippen LogP contribution in [-0.4, -0.2) is 203 Å². The molecule has 105 heavy (non-hydrogen) atoms. The third-order valence-electron chi connectivity index (χ3n) is 16.3. The Hall–Kier alpha value is -11.3. The van der Waals surface area contributed by atoms with Gasteiger partial charge in [-0.1, -0.05) is 60.7 Å². The summed E-state index contributed by atoms with van der Waals surface area (Å²) in [5.41, 5.74) is 30.6. The van der Waals surface area contributed by atoms with Crippen LogP contribution in [0, 0.1) is 10.8 Å². The van der Waals surface area contributed by atoms with E-state index in [1.54, 1.807) is 60.9 Å². The van der Waals surface area contributed by atoms with Gasteiger partial charge in [0.2, 0.25) is 70.9 Å². The van der Waals surface area contributed by atoms with E-state index in [1.165, 1.54) is 36.8 Å². The summed E-state index contributed by atoms with van der Waals surface area (Å²) >= 11 is 5.37. The zero-order valence-electron chi connectivity index (χ0n) is 57.1. The van der Waals surface area contributed by atoms with Crippen LogP contribution in [0.3, 0.4) is 0 Å². The van der Waals surface area contributed by atoms with Crippen molar-refractivity contribution in [1.29, 1.82) is 10.8 Å². The number of primary amides is 1. The van der Waals surface area contributed by atoms with Crippen molar-refractivity contribution in [1.82, 2.24) is 89.1 Å². The minimum Gasteiger partial charge on any atom is -0.872 e. The smallest absolute Gasteiger partial charge is 0.872 e. The maximum atomic E-state index is 15.3. The van der Waals surface area contributed by atoms with Gasteiger partial charge >= 0.3 is 17.1 Å². The topological polar surface area (TPSA) is 622 Å². The van der Waals surface area contributed by atoms with E-state index in [0.29, 0.717) is 63.6 Å². The average molecular weight is 1520 g/mol. The predicted molar refractivity (Wildman–Crippen MR) is 382 cm³/mol. The number of amides is 12. The first kappa shape index (κ1) is 84.4. The number of carbonyl (C=O) groups excluding carboxylic acids is 12. The zero-order chi connectivity index (χ0) is 75.7. The summed E-state index contributed by atoms with van der Waals surface area (Å²) in [6, 6.07) is 7.77. The van der Waals surface area contributed by atoms with Gasteiger partial charge in [-0.2, -0.15) is 0 Å². The SMILES string of the molecule is N=C(N)NCCC[C@H](NC(=O)[C@H](C[S-])NC(=O)[C@H](Cc1ccc([O-])cc1)NC(=O)[C@H](Cc1c[nH]c2ccccc12)NC(=O)[C@H](CCCNC(=N)N)NC(=O)[C@H](Cc1c[nH]c2ccccc12)NC(=O)[C@H](Cc1cnc[nH]1)NC(=O)CNC(=O)CN)C(=O)NCC(=O)NCC(=O)N[C@@H](CCCCN)C(N)=O.[Cu+2]. The zero-order valence-corrected chi connectivity index (χ0v) is 58.9. The predicted octanol–water partition coefficient (Wildman–Crippen LogP) is -6.41. The quantitative estimate of drug-likeness (QED) is 0.00556. The molecule has 0 aliphatic heterocycles. The van der Waals surface area contributed by atoms with Crippen molar-refractivity contribution in [3.63, 3.8) is 0 Å². The Bertz CT molecular complexity index is 3950. The molecule has 8 atom stereocenters. The van der Waals surface area contributed by atoms with E-state index >= 15 is 14.4 Å². The first-order valence-electron chi connectivity index (χ1n) is 33.3. The fourth-order valence-corrected chi connectivity index (χ4v) is 11.1. The van der Waals surface area contributed by atoms with E-state index < -0.39 is 157 Å². The minimum absolute atomic E-state index is 0. The maximum absolute atomic E-state index is 15.3. The Morgan fingerprint density at radius 2 is 0.886 bits per heavy atom. The molecule has 6 aromatic rings. The number of nitrogens with one attached hydrogen (secondary N) is 18. The molecule has 3 aromatic carbocycles. The van der Waals surface area contributed by atoms with Gasteiger partial charge in [0.15, 0.2) is 11.9 Å². The number of imidazole rings is 1. The van der Waals surface area contributed by atoms with Gasteiger partial charge in [0, 0.05) is 84.9 Å². The summed E-state index contributed by atoms with van der Waals surface area (Å²) in [6.45, 7) is -1.82. The molecule has 0 bridgehead atoms. The molecule has 0 unspecified atom stereocenters. The summed E-state index contributed by atoms with van der Waals surface area (Å²) in [5.74, 6) is -12.1. The van der Waals surface area contributed by atoms with Crippen molar-refractivity contribution in [3.8, 4) is 5.75 Å². The van der Waals surface area contributed by atoms with Gasteiger partial charge in [0.25, 0.3) is 0 Å². The molecule has 28 N–H and O–H groups in total. The van der Waals surface area contributed by atoms with Gasteiger partial charge in [-0.25, -0.2) is 4.98 Å². The van der Waals surface area contributed by atoms with Gasteiger partial charge in [-0.05, 0) is 80.3 Å². The number of nitrogens with two attached hydrogens (primary N) is 5. The van der Waals surface area contributed by atoms with Gasteiger partial charge in [0.1, 0.15) is 42.3 Å². The molecular weight excluding hydrogens is 1430 g/mol. The van der Waals surface area contributed by atoms with E-state index in [4.69, 9.17) is 52.1 Å². The van der Waals surface area contributed by atoms with Crippen molar-refractivity contribution < 1.29 is 79.7 Å². The number of hydrogen-bond donors (Lipinski definition) is 23. The van der Waals surface area contributed by atoms with E-state index in [1.807, 2.05) is 0 Å². The molecule has 569 valence electrons. The number of para-hydroxylation sites is 2. The van der Waals surface area contributed by atoms with E-state index in [-0.39, 0.29) is 99.7 Å². The van der Waals surface area contributed by atoms with Crippen LogP contribution in [0.5, 0.6) is 5.75 Å². The number of nitrogens with zero attached hydrogens (tertiary/aromatic N) is 1. The molecule has 0 saturated heterocycles. The molecule has 37 nitrogen and oxygen atoms in total. The van der Waals surface area contributed by atoms with Gasteiger partial charge < -0.3 is 130 Å². The number of aromatic nitrogens is 4. The Kier molecular flexibility index (Phi) is 35.1. The Balaban J connectivity index is 0.0000198. The third kappa shape index (κ3) is 28.5. The maximum Gasteiger partial charge on any atom is 2.00 e. The molecule has 0 aliphatic carbocycles. The van der Waals surface area contributed by atoms with E-state index in [9.17, 15) is 48.3 Å². The standard InChI is InChI=1S/C66H92N24O13S.Cu/c67-20-6-5-13-45(57(69)96)83-55(94)33-80-54(93)31-81-58(97)46(14-7-21-75-65(70)71)85-64(103)52(34-104)90-60(99)48(23-36-16-18-40(91)19-17-36)87-62(101)50(25-38-29-78-44-12-4-2-10-42(38)44)88-59(98)47(15-8-22-76-66(72)73)86-61(100)49(24-37-28-77-43-11-3-1-9-41(37)43)89-63(102)51(26-39-30-74-35-82-39)84-56(95)32-79-53(92)27-68;/h1-4,9-12,16-19,28-30,35,45-52,77-78,91,104H,5-8,13-15,20-27,31-34,67-68H2,(H2,69,96)(H,74,82)(H,79,92)(H,80,93)(H,81,97)(H,83,94)(H,84,95)(H,85,103)(H,86,100)(H,87,101)(H,88,98)(H,89,102)(H,90,99)(H4,70,71,75)(H4,72,73,76);/q;+2/p-2/t45-,46-,47-,48-,49-,50-,51-,52-;/m0./s1. The van der Waals surface area contributed by atoms with Crippen molar-refractivity contribution in [2.45, 2.75) is 119 Å². The first-order valence-corrected chi connectivity index (χ1v) is 33.9. The van der Waals surface area contributed by atoms with Crippen LogP contribution in [-0.2, 0) is 113 Å². The third-order valence-corrected chi connectivity index (χ3v) is 16.6. The molecule has 0 fully saturated rings. The van der Waals surface area contributed by atoms with Gasteiger partial charge in [-0.15, -0.1) is 11.5 Å². The van der Waals surface area contributed by atoms with Crippen molar-refractivity contribution in [2.75, 3.05) is 51.6 Å². The first-order chi connectivity index (χ1) is 49.8. The molecule has 3 aromatic heterocycles. The second kappa shape index (κ2) is 43.6. The Labute approximate surface area is 618 Å². The molecule has 3 heterocycles. The number of unbranched alkanes of at least 4 members (excludes halogenated alkanes) is 1. The average Bonchev–Trinajstić information content (AvgIpc) is 1.74. The summed E-state index contributed by atoms with van der Waals surface area (Å²) in [4.78, 5) is 179. The second-order valence-corrected chi connectivity index (χ2v) is 24.5. The molecule has 1 radical (unpaired) electrons. The van der Waals surface area contributed by atoms with Gasteiger partial charge in [-0.3, -0.25) is 68.4 Å². The van der Waals surface area contributed by atoms with Crippen LogP contribution < -0.4 is 103 Å². The van der Waals surface area contributed by atoms with E-state index in [0.717, 1.165) is 0 Å². The molecular formula is C66H90CuN24O13S.